The van der Waals surface area contributed by atoms with Crippen LogP contribution in [0.1, 0.15) is 24.0 Å². The van der Waals surface area contributed by atoms with Crippen LogP contribution < -0.4 is 0 Å². The van der Waals surface area contributed by atoms with Gasteiger partial charge in [-0.05, 0) is 37.7 Å². The lowest BCUT2D eigenvalue weighted by Crippen LogP contribution is -2.35. The highest BCUT2D eigenvalue weighted by Crippen LogP contribution is 2.39. The van der Waals surface area contributed by atoms with E-state index in [0.29, 0.717) is 6.61 Å². The van der Waals surface area contributed by atoms with E-state index in [9.17, 15) is 5.26 Å². The molecule has 26 heavy (non-hydrogen) atoms. The molecule has 0 spiro atoms. The second kappa shape index (κ2) is 9.41. The number of nitriles is 1. The largest absolute Gasteiger partial charge is 0.417 e. The van der Waals surface area contributed by atoms with Gasteiger partial charge in [-0.3, -0.25) is 0 Å². The molecule has 0 N–H and O–H groups in total. The van der Waals surface area contributed by atoms with Gasteiger partial charge in [-0.2, -0.15) is 17.0 Å². The molecule has 0 fully saturated rings. The number of thioether (sulfide) groups is 1. The van der Waals surface area contributed by atoms with Gasteiger partial charge in [-0.15, -0.1) is 0 Å². The summed E-state index contributed by atoms with van der Waals surface area (Å²) in [6, 6.07) is 23.4. The van der Waals surface area contributed by atoms with Crippen molar-refractivity contribution in [1.82, 2.24) is 0 Å². The zero-order valence-electron chi connectivity index (χ0n) is 16.2. The molecule has 0 aliphatic carbocycles. The first kappa shape index (κ1) is 20.8. The highest BCUT2D eigenvalue weighted by molar-refractivity contribution is 7.98. The van der Waals surface area contributed by atoms with Crippen molar-refractivity contribution in [2.45, 2.75) is 38.2 Å². The second-order valence-electron chi connectivity index (χ2n) is 7.89. The van der Waals surface area contributed by atoms with Crippen molar-refractivity contribution in [2.75, 3.05) is 12.4 Å². The smallest absolute Gasteiger partial charge is 0.183 e. The van der Waals surface area contributed by atoms with Crippen molar-refractivity contribution in [3.8, 4) is 6.07 Å². The summed E-state index contributed by atoms with van der Waals surface area (Å²) in [5, 5.41) is 10.0. The predicted molar refractivity (Wildman–Crippen MR) is 115 cm³/mol. The van der Waals surface area contributed by atoms with Crippen molar-refractivity contribution in [3.05, 3.63) is 71.8 Å². The maximum absolute atomic E-state index is 10.0. The Morgan fingerprint density at radius 2 is 1.62 bits per heavy atom. The molecule has 0 unspecified atom stereocenters. The summed E-state index contributed by atoms with van der Waals surface area (Å²) in [6.07, 6.45) is 0. The van der Waals surface area contributed by atoms with Gasteiger partial charge in [0.2, 0.25) is 0 Å². The van der Waals surface area contributed by atoms with Crippen LogP contribution in [0.15, 0.2) is 60.7 Å². The van der Waals surface area contributed by atoms with Gasteiger partial charge in [0, 0.05) is 24.0 Å². The van der Waals surface area contributed by atoms with Gasteiger partial charge < -0.3 is 4.43 Å². The third-order valence-corrected chi connectivity index (χ3v) is 6.80. The standard InChI is InChI=1S/C22H29NOSSi/c1-22(17-23,18-25-16-19-11-7-5-8-12-19)21(15-24-26(2,3)4)20-13-9-6-10-14-20/h5-14,21H,15-16,18H2,1-4H3/t21-,22-/m1/s1. The topological polar surface area (TPSA) is 33.0 Å². The average molecular weight is 384 g/mol. The van der Waals surface area contributed by atoms with Crippen LogP contribution in [-0.2, 0) is 10.2 Å². The van der Waals surface area contributed by atoms with Crippen LogP contribution >= 0.6 is 11.8 Å². The van der Waals surface area contributed by atoms with E-state index in [4.69, 9.17) is 4.43 Å². The van der Waals surface area contributed by atoms with Crippen LogP contribution in [0.3, 0.4) is 0 Å². The molecule has 0 bridgehead atoms. The Morgan fingerprint density at radius 1 is 1.04 bits per heavy atom. The number of nitrogens with zero attached hydrogens (tertiary/aromatic N) is 1. The molecule has 2 aromatic rings. The molecule has 0 saturated heterocycles. The third-order valence-electron chi connectivity index (χ3n) is 4.42. The van der Waals surface area contributed by atoms with Crippen molar-refractivity contribution in [3.63, 3.8) is 0 Å². The van der Waals surface area contributed by atoms with Crippen molar-refractivity contribution < 1.29 is 4.43 Å². The first-order valence-corrected chi connectivity index (χ1v) is 13.6. The average Bonchev–Trinajstić information content (AvgIpc) is 2.62. The molecule has 0 heterocycles. The molecule has 0 saturated carbocycles. The van der Waals surface area contributed by atoms with Gasteiger partial charge in [0.15, 0.2) is 8.32 Å². The van der Waals surface area contributed by atoms with E-state index in [2.05, 4.69) is 69.0 Å². The fraction of sp³-hybridized carbons (Fsp3) is 0.409. The molecular formula is C22H29NOSSi. The Bertz CT molecular complexity index is 708. The molecule has 2 aromatic carbocycles. The number of hydrogen-bond acceptors (Lipinski definition) is 3. The van der Waals surface area contributed by atoms with Gasteiger partial charge in [-0.1, -0.05) is 60.7 Å². The molecule has 4 heteroatoms. The number of hydrogen-bond donors (Lipinski definition) is 0. The van der Waals surface area contributed by atoms with E-state index in [-0.39, 0.29) is 5.92 Å². The minimum atomic E-state index is -1.64. The molecule has 138 valence electrons. The molecule has 2 atom stereocenters. The SMILES string of the molecule is C[C@@](C#N)(CSCc1ccccc1)[C@H](CO[Si](C)(C)C)c1ccccc1. The van der Waals surface area contributed by atoms with Crippen LogP contribution in [0.5, 0.6) is 0 Å². The molecule has 0 radical (unpaired) electrons. The summed E-state index contributed by atoms with van der Waals surface area (Å²) < 4.78 is 6.24. The molecule has 2 nitrogen and oxygen atoms in total. The number of rotatable bonds is 9. The first-order chi connectivity index (χ1) is 12.3. The molecule has 0 aliphatic rings. The van der Waals surface area contributed by atoms with E-state index in [1.165, 1.54) is 11.1 Å². The van der Waals surface area contributed by atoms with Crippen LogP contribution in [-0.4, -0.2) is 20.7 Å². The molecule has 0 amide bonds. The zero-order chi connectivity index (χ0) is 19.0. The summed E-state index contributed by atoms with van der Waals surface area (Å²) in [5.41, 5.74) is 2.02. The highest BCUT2D eigenvalue weighted by atomic mass is 32.2. The molecule has 0 aliphatic heterocycles. The van der Waals surface area contributed by atoms with E-state index in [1.807, 2.05) is 36.0 Å². The van der Waals surface area contributed by atoms with Gasteiger partial charge in [-0.25, -0.2) is 0 Å². The van der Waals surface area contributed by atoms with E-state index in [0.717, 1.165) is 11.5 Å². The number of benzene rings is 2. The minimum Gasteiger partial charge on any atom is -0.417 e. The minimum absolute atomic E-state index is 0.0729. The van der Waals surface area contributed by atoms with Gasteiger partial charge in [0.25, 0.3) is 0 Å². The third kappa shape index (κ3) is 6.32. The van der Waals surface area contributed by atoms with Crippen molar-refractivity contribution in [1.29, 1.82) is 5.26 Å². The normalized spacial score (nSPS) is 15.0. The predicted octanol–water partition coefficient (Wildman–Crippen LogP) is 6.08. The summed E-state index contributed by atoms with van der Waals surface area (Å²) in [6.45, 7) is 9.28. The van der Waals surface area contributed by atoms with Crippen LogP contribution in [0.4, 0.5) is 0 Å². The molecular weight excluding hydrogens is 354 g/mol. The lowest BCUT2D eigenvalue weighted by Gasteiger charge is -2.34. The van der Waals surface area contributed by atoms with Crippen LogP contribution in [0.25, 0.3) is 0 Å². The van der Waals surface area contributed by atoms with Crippen LogP contribution in [0, 0.1) is 16.7 Å². The Kier molecular flexibility index (Phi) is 7.51. The quantitative estimate of drug-likeness (QED) is 0.492. The summed E-state index contributed by atoms with van der Waals surface area (Å²) >= 11 is 1.83. The lowest BCUT2D eigenvalue weighted by molar-refractivity contribution is 0.225. The van der Waals surface area contributed by atoms with Crippen LogP contribution in [0.2, 0.25) is 19.6 Å². The Hall–Kier alpha value is -1.54. The van der Waals surface area contributed by atoms with E-state index < -0.39 is 13.7 Å². The zero-order valence-corrected chi connectivity index (χ0v) is 18.1. The maximum atomic E-state index is 10.0. The van der Waals surface area contributed by atoms with Crippen molar-refractivity contribution in [2.24, 2.45) is 5.41 Å². The Balaban J connectivity index is 2.14. The van der Waals surface area contributed by atoms with E-state index in [1.54, 1.807) is 0 Å². The monoisotopic (exact) mass is 383 g/mol. The molecule has 0 aromatic heterocycles. The van der Waals surface area contributed by atoms with E-state index >= 15 is 0 Å². The fourth-order valence-electron chi connectivity index (χ4n) is 2.83. The summed E-state index contributed by atoms with van der Waals surface area (Å²) in [4.78, 5) is 0. The van der Waals surface area contributed by atoms with Gasteiger partial charge >= 0.3 is 0 Å². The Morgan fingerprint density at radius 3 is 2.15 bits per heavy atom. The lowest BCUT2D eigenvalue weighted by atomic mass is 9.76. The maximum Gasteiger partial charge on any atom is 0.183 e. The summed E-state index contributed by atoms with van der Waals surface area (Å²) in [7, 11) is -1.64. The van der Waals surface area contributed by atoms with Crippen molar-refractivity contribution >= 4 is 20.1 Å². The van der Waals surface area contributed by atoms with Gasteiger partial charge in [0.05, 0.1) is 11.5 Å². The second-order valence-corrected chi connectivity index (χ2v) is 13.4. The molecule has 2 rings (SSSR count). The summed E-state index contributed by atoms with van der Waals surface area (Å²) in [5.74, 6) is 1.78. The first-order valence-electron chi connectivity index (χ1n) is 9.06. The Labute approximate surface area is 163 Å². The fourth-order valence-corrected chi connectivity index (χ4v) is 4.72. The van der Waals surface area contributed by atoms with Gasteiger partial charge in [0.1, 0.15) is 0 Å². The highest BCUT2D eigenvalue weighted by Gasteiger charge is 2.36.